The van der Waals surface area contributed by atoms with Gasteiger partial charge in [-0.1, -0.05) is 13.3 Å². The molecule has 5 rings (SSSR count). The van der Waals surface area contributed by atoms with Crippen molar-refractivity contribution < 1.29 is 9.84 Å². The Kier molecular flexibility index (Phi) is 4.65. The van der Waals surface area contributed by atoms with Gasteiger partial charge >= 0.3 is 0 Å². The van der Waals surface area contributed by atoms with E-state index in [2.05, 4.69) is 16.8 Å². The van der Waals surface area contributed by atoms with Crippen molar-refractivity contribution in [2.24, 2.45) is 11.8 Å². The zero-order chi connectivity index (χ0) is 17.4. The molecule has 4 heterocycles. The molecule has 134 valence electrons. The first-order valence-corrected chi connectivity index (χ1v) is 9.64. The number of aromatic nitrogens is 1. The van der Waals surface area contributed by atoms with Crippen LogP contribution in [-0.2, 0) is 0 Å². The van der Waals surface area contributed by atoms with Crippen LogP contribution in [0, 0.1) is 11.8 Å². The third-order valence-corrected chi connectivity index (χ3v) is 6.20. The molecule has 3 aliphatic rings. The summed E-state index contributed by atoms with van der Waals surface area (Å²) >= 11 is 0. The van der Waals surface area contributed by atoms with Crippen LogP contribution < -0.4 is 4.74 Å². The zero-order valence-electron chi connectivity index (χ0n) is 15.2. The number of aliphatic hydroxyl groups is 1. The van der Waals surface area contributed by atoms with E-state index in [0.717, 1.165) is 53.6 Å². The number of benzene rings is 1. The van der Waals surface area contributed by atoms with Gasteiger partial charge in [0, 0.05) is 24.2 Å². The van der Waals surface area contributed by atoms with E-state index in [9.17, 15) is 5.11 Å². The van der Waals surface area contributed by atoms with Crippen molar-refractivity contribution in [2.45, 2.75) is 45.3 Å². The summed E-state index contributed by atoms with van der Waals surface area (Å²) in [5.74, 6) is 2.41. The van der Waals surface area contributed by atoms with Crippen molar-refractivity contribution in [1.82, 2.24) is 9.88 Å². The monoisotopic (exact) mass is 340 g/mol. The van der Waals surface area contributed by atoms with Crippen molar-refractivity contribution in [3.8, 4) is 5.75 Å². The maximum absolute atomic E-state index is 11.2. The number of nitrogens with zero attached hydrogens (tertiary/aromatic N) is 2. The molecule has 1 aromatic carbocycles. The summed E-state index contributed by atoms with van der Waals surface area (Å²) in [6.45, 7) is 7.18. The van der Waals surface area contributed by atoms with Gasteiger partial charge in [0.1, 0.15) is 5.75 Å². The Morgan fingerprint density at radius 2 is 2.20 bits per heavy atom. The average Bonchev–Trinajstić information content (AvgIpc) is 2.67. The fourth-order valence-corrected chi connectivity index (χ4v) is 4.84. The predicted molar refractivity (Wildman–Crippen MR) is 99.7 cm³/mol. The Bertz CT molecular complexity index is 748. The van der Waals surface area contributed by atoms with Gasteiger partial charge in [-0.25, -0.2) is 0 Å². The molecule has 3 aliphatic heterocycles. The maximum Gasteiger partial charge on any atom is 0.120 e. The molecule has 0 spiro atoms. The van der Waals surface area contributed by atoms with Gasteiger partial charge in [0.15, 0.2) is 0 Å². The molecular formula is C21H28N2O2. The van der Waals surface area contributed by atoms with Crippen LogP contribution >= 0.6 is 0 Å². The van der Waals surface area contributed by atoms with Crippen molar-refractivity contribution >= 4 is 10.9 Å². The highest BCUT2D eigenvalue weighted by Gasteiger charge is 2.42. The molecule has 4 nitrogen and oxygen atoms in total. The van der Waals surface area contributed by atoms with Gasteiger partial charge in [-0.15, -0.1) is 0 Å². The standard InChI is InChI=1S/C21H28N2O2/c1-3-14-13-23-10-8-15(14)11-20(23)21(24)17-7-9-22-19-6-5-16(25-4-2)12-18(17)19/h5-7,9,12,14-15,20-21,24H,3-4,8,10-11,13H2,1-2H3/t14-,15-,20-,21+/m1/s1. The predicted octanol–water partition coefficient (Wildman–Crippen LogP) is 3.79. The molecule has 3 saturated heterocycles. The fraction of sp³-hybridized carbons (Fsp3) is 0.571. The molecule has 3 fully saturated rings. The molecule has 4 heteroatoms. The van der Waals surface area contributed by atoms with E-state index in [4.69, 9.17) is 4.74 Å². The van der Waals surface area contributed by atoms with Gasteiger partial charge in [0.05, 0.1) is 18.2 Å². The van der Waals surface area contributed by atoms with Crippen molar-refractivity contribution in [3.05, 3.63) is 36.0 Å². The third kappa shape index (κ3) is 3.02. The number of fused-ring (bicyclic) bond motifs is 4. The minimum atomic E-state index is -0.469. The summed E-state index contributed by atoms with van der Waals surface area (Å²) < 4.78 is 5.65. The van der Waals surface area contributed by atoms with Crippen LogP contribution in [0.2, 0.25) is 0 Å². The molecular weight excluding hydrogens is 312 g/mol. The Morgan fingerprint density at radius 1 is 1.32 bits per heavy atom. The minimum Gasteiger partial charge on any atom is -0.494 e. The SMILES string of the molecule is CCOc1ccc2nccc([C@H](O)[C@H]3C[C@H]4CCN3C[C@H]4CC)c2c1. The number of hydrogen-bond acceptors (Lipinski definition) is 4. The number of hydrogen-bond donors (Lipinski definition) is 1. The number of piperidine rings is 3. The number of aliphatic hydroxyl groups excluding tert-OH is 1. The summed E-state index contributed by atoms with van der Waals surface area (Å²) in [5.41, 5.74) is 1.90. The van der Waals surface area contributed by atoms with Crippen molar-refractivity contribution in [3.63, 3.8) is 0 Å². The maximum atomic E-state index is 11.2. The molecule has 2 aromatic rings. The average molecular weight is 340 g/mol. The van der Waals surface area contributed by atoms with E-state index >= 15 is 0 Å². The summed E-state index contributed by atoms with van der Waals surface area (Å²) in [4.78, 5) is 6.98. The largest absolute Gasteiger partial charge is 0.494 e. The van der Waals surface area contributed by atoms with Gasteiger partial charge in [0.25, 0.3) is 0 Å². The zero-order valence-corrected chi connectivity index (χ0v) is 15.2. The quantitative estimate of drug-likeness (QED) is 0.899. The number of pyridine rings is 1. The molecule has 5 atom stereocenters. The second-order valence-corrected chi connectivity index (χ2v) is 7.47. The third-order valence-electron chi connectivity index (χ3n) is 6.20. The fourth-order valence-electron chi connectivity index (χ4n) is 4.84. The summed E-state index contributed by atoms with van der Waals surface area (Å²) in [6.07, 6.45) is 4.98. The summed E-state index contributed by atoms with van der Waals surface area (Å²) in [5, 5.41) is 12.2. The van der Waals surface area contributed by atoms with Gasteiger partial charge < -0.3 is 9.84 Å². The molecule has 0 saturated carbocycles. The summed E-state index contributed by atoms with van der Waals surface area (Å²) in [6, 6.07) is 8.16. The number of rotatable bonds is 5. The highest BCUT2D eigenvalue weighted by molar-refractivity contribution is 5.83. The first-order valence-electron chi connectivity index (χ1n) is 9.64. The van der Waals surface area contributed by atoms with Crippen LogP contribution in [0.15, 0.2) is 30.5 Å². The van der Waals surface area contributed by atoms with Crippen LogP contribution in [0.1, 0.15) is 44.8 Å². The molecule has 1 unspecified atom stereocenters. The van der Waals surface area contributed by atoms with E-state index in [0.29, 0.717) is 6.61 Å². The van der Waals surface area contributed by atoms with Crippen molar-refractivity contribution in [2.75, 3.05) is 19.7 Å². The molecule has 1 aromatic heterocycles. The second kappa shape index (κ2) is 6.93. The van der Waals surface area contributed by atoms with Crippen LogP contribution in [0.25, 0.3) is 10.9 Å². The van der Waals surface area contributed by atoms with Crippen LogP contribution in [0.4, 0.5) is 0 Å². The molecule has 25 heavy (non-hydrogen) atoms. The van der Waals surface area contributed by atoms with Crippen LogP contribution in [-0.4, -0.2) is 40.7 Å². The van der Waals surface area contributed by atoms with Gasteiger partial charge in [-0.2, -0.15) is 0 Å². The van der Waals surface area contributed by atoms with Crippen LogP contribution in [0.5, 0.6) is 5.75 Å². The van der Waals surface area contributed by atoms with Gasteiger partial charge in [-0.05, 0) is 68.0 Å². The first kappa shape index (κ1) is 16.8. The van der Waals surface area contributed by atoms with Gasteiger partial charge in [0.2, 0.25) is 0 Å². The normalized spacial score (nSPS) is 29.7. The Balaban J connectivity index is 1.66. The molecule has 0 radical (unpaired) electrons. The van der Waals surface area contributed by atoms with Crippen molar-refractivity contribution in [1.29, 1.82) is 0 Å². The van der Waals surface area contributed by atoms with E-state index < -0.39 is 6.10 Å². The lowest BCUT2D eigenvalue weighted by molar-refractivity contribution is -0.0562. The smallest absolute Gasteiger partial charge is 0.120 e. The van der Waals surface area contributed by atoms with E-state index in [1.165, 1.54) is 12.8 Å². The molecule has 0 amide bonds. The minimum absolute atomic E-state index is 0.225. The van der Waals surface area contributed by atoms with Gasteiger partial charge in [-0.3, -0.25) is 9.88 Å². The van der Waals surface area contributed by atoms with E-state index in [1.807, 2.05) is 37.4 Å². The number of ether oxygens (including phenoxy) is 1. The Morgan fingerprint density at radius 3 is 2.92 bits per heavy atom. The van der Waals surface area contributed by atoms with E-state index in [1.54, 1.807) is 0 Å². The van der Waals surface area contributed by atoms with Crippen LogP contribution in [0.3, 0.4) is 0 Å². The Hall–Kier alpha value is -1.65. The molecule has 1 N–H and O–H groups in total. The lowest BCUT2D eigenvalue weighted by Crippen LogP contribution is -2.55. The second-order valence-electron chi connectivity index (χ2n) is 7.47. The summed E-state index contributed by atoms with van der Waals surface area (Å²) in [7, 11) is 0. The molecule has 0 aliphatic carbocycles. The lowest BCUT2D eigenvalue weighted by atomic mass is 9.72. The lowest BCUT2D eigenvalue weighted by Gasteiger charge is -2.51. The topological polar surface area (TPSA) is 45.6 Å². The first-order chi connectivity index (χ1) is 12.2. The highest BCUT2D eigenvalue weighted by atomic mass is 16.5. The van der Waals surface area contributed by atoms with E-state index in [-0.39, 0.29) is 6.04 Å². The Labute approximate surface area is 149 Å². The highest BCUT2D eigenvalue weighted by Crippen LogP contribution is 2.42. The molecule has 2 bridgehead atoms.